The molecule has 0 unspecified atom stereocenters. The number of aromatic nitrogens is 1. The number of pyridine rings is 1. The maximum Gasteiger partial charge on any atom is 0.0555 e. The summed E-state index contributed by atoms with van der Waals surface area (Å²) < 4.78 is 5.39. The van der Waals surface area contributed by atoms with Crippen LogP contribution in [0.5, 0.6) is 0 Å². The smallest absolute Gasteiger partial charge is 0.0555 e. The molecule has 1 fully saturated rings. The number of hydrogen-bond donors (Lipinski definition) is 1. The Morgan fingerprint density at radius 2 is 2.25 bits per heavy atom. The van der Waals surface area contributed by atoms with E-state index >= 15 is 0 Å². The number of nitrogens with two attached hydrogens (primary N) is 1. The van der Waals surface area contributed by atoms with Gasteiger partial charge in [0.2, 0.25) is 0 Å². The summed E-state index contributed by atoms with van der Waals surface area (Å²) in [5, 5.41) is 0. The lowest BCUT2D eigenvalue weighted by atomic mass is 10.1. The Balaban J connectivity index is 2.09. The Labute approximate surface area is 96.4 Å². The van der Waals surface area contributed by atoms with Gasteiger partial charge < -0.3 is 15.4 Å². The van der Waals surface area contributed by atoms with Gasteiger partial charge in [0.25, 0.3) is 0 Å². The first kappa shape index (κ1) is 11.4. The first-order chi connectivity index (χ1) is 7.92. The Hall–Kier alpha value is -1.13. The SMILES string of the molecule is NCCN(c1cccnc1)C1CCOCC1. The van der Waals surface area contributed by atoms with Crippen molar-refractivity contribution in [3.05, 3.63) is 24.5 Å². The van der Waals surface area contributed by atoms with Gasteiger partial charge in [-0.05, 0) is 25.0 Å². The van der Waals surface area contributed by atoms with E-state index in [1.807, 2.05) is 12.3 Å². The van der Waals surface area contributed by atoms with E-state index in [-0.39, 0.29) is 0 Å². The number of anilines is 1. The molecule has 0 amide bonds. The lowest BCUT2D eigenvalue weighted by Crippen LogP contribution is -2.42. The number of ether oxygens (including phenoxy) is 1. The predicted molar refractivity (Wildman–Crippen MR) is 64.5 cm³/mol. The van der Waals surface area contributed by atoms with Crippen molar-refractivity contribution in [2.75, 3.05) is 31.2 Å². The molecule has 0 radical (unpaired) electrons. The van der Waals surface area contributed by atoms with Crippen LogP contribution in [0.1, 0.15) is 12.8 Å². The van der Waals surface area contributed by atoms with Gasteiger partial charge >= 0.3 is 0 Å². The third-order valence-electron chi connectivity index (χ3n) is 2.98. The predicted octanol–water partition coefficient (Wildman–Crippen LogP) is 1.03. The minimum atomic E-state index is 0.543. The molecule has 1 aromatic rings. The second kappa shape index (κ2) is 5.82. The van der Waals surface area contributed by atoms with Gasteiger partial charge in [-0.15, -0.1) is 0 Å². The molecule has 16 heavy (non-hydrogen) atoms. The molecule has 0 atom stereocenters. The zero-order valence-electron chi connectivity index (χ0n) is 9.51. The van der Waals surface area contributed by atoms with Crippen molar-refractivity contribution in [2.45, 2.75) is 18.9 Å². The molecule has 1 aliphatic heterocycles. The molecule has 0 aliphatic carbocycles. The van der Waals surface area contributed by atoms with Crippen molar-refractivity contribution in [1.29, 1.82) is 0 Å². The number of hydrogen-bond acceptors (Lipinski definition) is 4. The highest BCUT2D eigenvalue weighted by Crippen LogP contribution is 2.21. The lowest BCUT2D eigenvalue weighted by Gasteiger charge is -2.35. The number of rotatable bonds is 4. The average Bonchev–Trinajstić information content (AvgIpc) is 2.38. The summed E-state index contributed by atoms with van der Waals surface area (Å²) >= 11 is 0. The Kier molecular flexibility index (Phi) is 4.13. The maximum absolute atomic E-state index is 5.68. The fourth-order valence-corrected chi connectivity index (χ4v) is 2.18. The third kappa shape index (κ3) is 2.71. The van der Waals surface area contributed by atoms with Gasteiger partial charge in [0.05, 0.1) is 11.9 Å². The van der Waals surface area contributed by atoms with Gasteiger partial charge in [-0.2, -0.15) is 0 Å². The van der Waals surface area contributed by atoms with Gasteiger partial charge in [0, 0.05) is 38.5 Å². The minimum Gasteiger partial charge on any atom is -0.381 e. The molecule has 1 aliphatic rings. The summed E-state index contributed by atoms with van der Waals surface area (Å²) in [4.78, 5) is 6.53. The van der Waals surface area contributed by atoms with Crippen LogP contribution < -0.4 is 10.6 Å². The highest BCUT2D eigenvalue weighted by molar-refractivity contribution is 5.44. The van der Waals surface area contributed by atoms with E-state index in [4.69, 9.17) is 10.5 Å². The second-order valence-electron chi connectivity index (χ2n) is 4.04. The fourth-order valence-electron chi connectivity index (χ4n) is 2.18. The van der Waals surface area contributed by atoms with E-state index in [0.717, 1.165) is 32.6 Å². The second-order valence-corrected chi connectivity index (χ2v) is 4.04. The van der Waals surface area contributed by atoms with E-state index in [1.54, 1.807) is 6.20 Å². The molecule has 0 bridgehead atoms. The van der Waals surface area contributed by atoms with Crippen LogP contribution in [-0.4, -0.2) is 37.3 Å². The normalized spacial score (nSPS) is 17.3. The molecule has 2 N–H and O–H groups in total. The van der Waals surface area contributed by atoms with Crippen LogP contribution >= 0.6 is 0 Å². The summed E-state index contributed by atoms with van der Waals surface area (Å²) in [6, 6.07) is 4.61. The highest BCUT2D eigenvalue weighted by atomic mass is 16.5. The molecule has 0 saturated carbocycles. The largest absolute Gasteiger partial charge is 0.381 e. The summed E-state index contributed by atoms with van der Waals surface area (Å²) in [7, 11) is 0. The Bertz CT molecular complexity index is 298. The molecule has 1 saturated heterocycles. The van der Waals surface area contributed by atoms with Crippen LogP contribution in [0.4, 0.5) is 5.69 Å². The van der Waals surface area contributed by atoms with Crippen molar-refractivity contribution in [3.8, 4) is 0 Å². The van der Waals surface area contributed by atoms with Gasteiger partial charge in [0.15, 0.2) is 0 Å². The fraction of sp³-hybridized carbons (Fsp3) is 0.583. The van der Waals surface area contributed by atoms with Crippen molar-refractivity contribution in [1.82, 2.24) is 4.98 Å². The maximum atomic E-state index is 5.68. The van der Waals surface area contributed by atoms with Crippen LogP contribution in [0.15, 0.2) is 24.5 Å². The van der Waals surface area contributed by atoms with E-state index in [2.05, 4.69) is 16.0 Å². The monoisotopic (exact) mass is 221 g/mol. The Morgan fingerprint density at radius 3 is 2.88 bits per heavy atom. The molecular weight excluding hydrogens is 202 g/mol. The van der Waals surface area contributed by atoms with Crippen LogP contribution in [0.3, 0.4) is 0 Å². The molecule has 0 spiro atoms. The van der Waals surface area contributed by atoms with Crippen molar-refractivity contribution < 1.29 is 4.74 Å². The van der Waals surface area contributed by atoms with Crippen molar-refractivity contribution >= 4 is 5.69 Å². The summed E-state index contributed by atoms with van der Waals surface area (Å²) in [6.45, 7) is 3.26. The molecule has 4 nitrogen and oxygen atoms in total. The van der Waals surface area contributed by atoms with E-state index in [9.17, 15) is 0 Å². The first-order valence-electron chi connectivity index (χ1n) is 5.86. The highest BCUT2D eigenvalue weighted by Gasteiger charge is 2.21. The van der Waals surface area contributed by atoms with E-state index in [1.165, 1.54) is 5.69 Å². The summed E-state index contributed by atoms with van der Waals surface area (Å²) in [5.74, 6) is 0. The standard InChI is InChI=1S/C12H19N3O/c13-5-7-15(11-3-8-16-9-4-11)12-2-1-6-14-10-12/h1-2,6,10-11H,3-5,7-9,13H2. The third-order valence-corrected chi connectivity index (χ3v) is 2.98. The average molecular weight is 221 g/mol. The van der Waals surface area contributed by atoms with E-state index in [0.29, 0.717) is 12.6 Å². The topological polar surface area (TPSA) is 51.4 Å². The van der Waals surface area contributed by atoms with Gasteiger partial charge in [-0.3, -0.25) is 4.98 Å². The molecule has 2 rings (SSSR count). The molecule has 1 aromatic heterocycles. The summed E-state index contributed by atoms with van der Waals surface area (Å²) in [6.07, 6.45) is 5.86. The van der Waals surface area contributed by atoms with Crippen molar-refractivity contribution in [2.24, 2.45) is 5.73 Å². The molecule has 2 heterocycles. The molecular formula is C12H19N3O. The first-order valence-corrected chi connectivity index (χ1v) is 5.86. The quantitative estimate of drug-likeness (QED) is 0.825. The van der Waals surface area contributed by atoms with Crippen LogP contribution in [0, 0.1) is 0 Å². The van der Waals surface area contributed by atoms with Crippen LogP contribution in [-0.2, 0) is 4.74 Å². The molecule has 0 aromatic carbocycles. The minimum absolute atomic E-state index is 0.543. The molecule has 88 valence electrons. The van der Waals surface area contributed by atoms with Gasteiger partial charge in [-0.1, -0.05) is 0 Å². The Morgan fingerprint density at radius 1 is 1.44 bits per heavy atom. The van der Waals surface area contributed by atoms with E-state index < -0.39 is 0 Å². The number of nitrogens with zero attached hydrogens (tertiary/aromatic N) is 2. The van der Waals surface area contributed by atoms with Gasteiger partial charge in [0.1, 0.15) is 0 Å². The molecule has 4 heteroatoms. The van der Waals surface area contributed by atoms with Crippen LogP contribution in [0.2, 0.25) is 0 Å². The zero-order valence-corrected chi connectivity index (χ0v) is 9.51. The van der Waals surface area contributed by atoms with Crippen molar-refractivity contribution in [3.63, 3.8) is 0 Å². The van der Waals surface area contributed by atoms with Crippen LogP contribution in [0.25, 0.3) is 0 Å². The van der Waals surface area contributed by atoms with Gasteiger partial charge in [-0.25, -0.2) is 0 Å². The lowest BCUT2D eigenvalue weighted by molar-refractivity contribution is 0.0845. The zero-order chi connectivity index (χ0) is 11.2. The summed E-state index contributed by atoms with van der Waals surface area (Å²) in [5.41, 5.74) is 6.85.